The van der Waals surface area contributed by atoms with E-state index in [0.29, 0.717) is 19.5 Å². The maximum atomic E-state index is 13.2. The largest absolute Gasteiger partial charge is 0.497 e. The minimum Gasteiger partial charge on any atom is -0.497 e. The van der Waals surface area contributed by atoms with E-state index >= 15 is 0 Å². The Morgan fingerprint density at radius 2 is 1.54 bits per heavy atom. The number of H-pyrrole nitrogens is 2. The molecule has 7 aromatic rings. The molecule has 4 aromatic heterocycles. The number of fused-ring (bicyclic) bond motifs is 2. The second kappa shape index (κ2) is 13.1. The normalized spacial score (nSPS) is 12.0. The van der Waals surface area contributed by atoms with E-state index in [1.807, 2.05) is 48.7 Å². The van der Waals surface area contributed by atoms with Gasteiger partial charge >= 0.3 is 0 Å². The zero-order chi connectivity index (χ0) is 31.3. The van der Waals surface area contributed by atoms with Crippen LogP contribution in [0.25, 0.3) is 21.8 Å². The molecule has 0 fully saturated rings. The molecule has 4 heterocycles. The van der Waals surface area contributed by atoms with Crippen molar-refractivity contribution in [2.24, 2.45) is 0 Å². The molecule has 1 amide bonds. The number of pyridine rings is 1. The van der Waals surface area contributed by atoms with Gasteiger partial charge in [-0.05, 0) is 65.1 Å². The third-order valence-electron chi connectivity index (χ3n) is 8.57. The molecule has 0 radical (unpaired) electrons. The molecule has 0 aliphatic heterocycles. The van der Waals surface area contributed by atoms with E-state index in [0.717, 1.165) is 56.9 Å². The van der Waals surface area contributed by atoms with Crippen molar-refractivity contribution in [3.8, 4) is 5.75 Å². The Balaban J connectivity index is 1.25. The van der Waals surface area contributed by atoms with Crippen molar-refractivity contribution in [3.63, 3.8) is 0 Å². The Kier molecular flexibility index (Phi) is 8.28. The van der Waals surface area contributed by atoms with Crippen LogP contribution in [-0.4, -0.2) is 49.3 Å². The molecule has 7 rings (SSSR count). The molecule has 0 aliphatic rings. The van der Waals surface area contributed by atoms with Gasteiger partial charge in [0, 0.05) is 59.6 Å². The summed E-state index contributed by atoms with van der Waals surface area (Å²) in [6.45, 7) is 0.953. The van der Waals surface area contributed by atoms with Gasteiger partial charge in [-0.25, -0.2) is 0 Å². The van der Waals surface area contributed by atoms with Crippen LogP contribution in [0.1, 0.15) is 39.8 Å². The highest BCUT2D eigenvalue weighted by molar-refractivity contribution is 5.85. The molecule has 230 valence electrons. The van der Waals surface area contributed by atoms with Gasteiger partial charge in [0.2, 0.25) is 5.91 Å². The van der Waals surface area contributed by atoms with E-state index in [9.17, 15) is 4.79 Å². The fourth-order valence-corrected chi connectivity index (χ4v) is 6.15. The lowest BCUT2D eigenvalue weighted by atomic mass is 9.96. The van der Waals surface area contributed by atoms with Gasteiger partial charge in [-0.15, -0.1) is 10.2 Å². The van der Waals surface area contributed by atoms with Crippen molar-refractivity contribution in [3.05, 3.63) is 144 Å². The average Bonchev–Trinajstić information content (AvgIpc) is 3.82. The van der Waals surface area contributed by atoms with Gasteiger partial charge in [-0.1, -0.05) is 48.5 Å². The second-order valence-electron chi connectivity index (χ2n) is 11.4. The quantitative estimate of drug-likeness (QED) is 0.158. The predicted octanol–water partition coefficient (Wildman–Crippen LogP) is 5.97. The molecular formula is C37H35N7O2. The van der Waals surface area contributed by atoms with E-state index in [1.54, 1.807) is 19.5 Å². The van der Waals surface area contributed by atoms with Crippen molar-refractivity contribution in [1.29, 1.82) is 0 Å². The summed E-state index contributed by atoms with van der Waals surface area (Å²) in [5.74, 6) is 2.20. The number of methoxy groups -OCH3 is 1. The third kappa shape index (κ3) is 6.12. The molecule has 1 unspecified atom stereocenters. The van der Waals surface area contributed by atoms with Crippen molar-refractivity contribution < 1.29 is 9.53 Å². The third-order valence-corrected chi connectivity index (χ3v) is 8.57. The molecule has 0 aliphatic carbocycles. The number of carbonyl (C=O) groups is 1. The number of ether oxygens (including phenoxy) is 1. The van der Waals surface area contributed by atoms with Gasteiger partial charge in [0.1, 0.15) is 17.4 Å². The minimum absolute atomic E-state index is 0.0585. The highest BCUT2D eigenvalue weighted by Gasteiger charge is 2.26. The number of carbonyl (C=O) groups excluding carboxylic acids is 1. The summed E-state index contributed by atoms with van der Waals surface area (Å²) in [7, 11) is 1.67. The monoisotopic (exact) mass is 609 g/mol. The van der Waals surface area contributed by atoms with E-state index in [-0.39, 0.29) is 18.2 Å². The Morgan fingerprint density at radius 3 is 2.33 bits per heavy atom. The van der Waals surface area contributed by atoms with Gasteiger partial charge in [0.25, 0.3) is 0 Å². The van der Waals surface area contributed by atoms with Gasteiger partial charge in [0.15, 0.2) is 0 Å². The molecule has 0 spiro atoms. The van der Waals surface area contributed by atoms with Crippen LogP contribution in [0.2, 0.25) is 0 Å². The SMILES string of the molecule is COc1ccc(Cn2c(CCc3c[nH]c4ccccc34)nnc2C(CNC(=O)Cc2ccncc2)c2c[nH]c3ccccc23)cc1. The van der Waals surface area contributed by atoms with Crippen LogP contribution in [0, 0.1) is 0 Å². The molecular weight excluding hydrogens is 574 g/mol. The topological polar surface area (TPSA) is 114 Å². The number of aromatic amines is 2. The first-order valence-electron chi connectivity index (χ1n) is 15.5. The summed E-state index contributed by atoms with van der Waals surface area (Å²) in [5, 5.41) is 15.1. The Morgan fingerprint density at radius 1 is 0.826 bits per heavy atom. The molecule has 3 aromatic carbocycles. The average molecular weight is 610 g/mol. The van der Waals surface area contributed by atoms with E-state index in [1.165, 1.54) is 10.9 Å². The Labute approximate surface area is 266 Å². The van der Waals surface area contributed by atoms with E-state index < -0.39 is 0 Å². The minimum atomic E-state index is -0.245. The lowest BCUT2D eigenvalue weighted by molar-refractivity contribution is -0.120. The van der Waals surface area contributed by atoms with Crippen molar-refractivity contribution >= 4 is 27.7 Å². The number of benzene rings is 3. The molecule has 0 saturated carbocycles. The van der Waals surface area contributed by atoms with Gasteiger partial charge < -0.3 is 24.6 Å². The molecule has 1 atom stereocenters. The van der Waals surface area contributed by atoms with Crippen molar-refractivity contribution in [2.45, 2.75) is 31.7 Å². The summed E-state index contributed by atoms with van der Waals surface area (Å²) in [4.78, 5) is 24.0. The van der Waals surface area contributed by atoms with Gasteiger partial charge in [-0.3, -0.25) is 9.78 Å². The van der Waals surface area contributed by atoms with Gasteiger partial charge in [0.05, 0.1) is 26.0 Å². The number of rotatable bonds is 12. The number of aromatic nitrogens is 6. The van der Waals surface area contributed by atoms with Crippen molar-refractivity contribution in [1.82, 2.24) is 35.0 Å². The number of amides is 1. The standard InChI is InChI=1S/C37H35N7O2/c1-46-28-13-10-26(11-14-28)24-44-35(15-12-27-21-39-33-8-4-2-6-29(27)33)42-43-37(44)32(31-22-40-34-9-5-3-7-30(31)34)23-41-36(45)20-25-16-18-38-19-17-25/h2-11,13-14,16-19,21-22,32,39-40H,12,15,20,23-24H2,1H3,(H,41,45). The highest BCUT2D eigenvalue weighted by atomic mass is 16.5. The molecule has 0 bridgehead atoms. The second-order valence-corrected chi connectivity index (χ2v) is 11.4. The summed E-state index contributed by atoms with van der Waals surface area (Å²) >= 11 is 0. The first-order chi connectivity index (χ1) is 22.7. The van der Waals surface area contributed by atoms with Crippen molar-refractivity contribution in [2.75, 3.05) is 13.7 Å². The fraction of sp³-hybridized carbons (Fsp3) is 0.189. The number of nitrogens with zero attached hydrogens (tertiary/aromatic N) is 4. The van der Waals surface area contributed by atoms with Crippen LogP contribution < -0.4 is 10.1 Å². The van der Waals surface area contributed by atoms with Crippen LogP contribution in [0.4, 0.5) is 0 Å². The maximum Gasteiger partial charge on any atom is 0.224 e. The summed E-state index contributed by atoms with van der Waals surface area (Å²) in [5.41, 5.74) is 6.48. The lowest BCUT2D eigenvalue weighted by Crippen LogP contribution is -2.31. The smallest absolute Gasteiger partial charge is 0.224 e. The molecule has 3 N–H and O–H groups in total. The van der Waals surface area contributed by atoms with Gasteiger partial charge in [-0.2, -0.15) is 0 Å². The Bertz CT molecular complexity index is 2080. The molecule has 9 heteroatoms. The fourth-order valence-electron chi connectivity index (χ4n) is 6.15. The molecule has 46 heavy (non-hydrogen) atoms. The summed E-state index contributed by atoms with van der Waals surface area (Å²) < 4.78 is 7.63. The maximum absolute atomic E-state index is 13.2. The zero-order valence-corrected chi connectivity index (χ0v) is 25.6. The number of nitrogens with one attached hydrogen (secondary N) is 3. The number of hydrogen-bond acceptors (Lipinski definition) is 5. The van der Waals surface area contributed by atoms with Crippen LogP contribution in [0.15, 0.2) is 110 Å². The molecule has 9 nitrogen and oxygen atoms in total. The molecule has 0 saturated heterocycles. The van der Waals surface area contributed by atoms with Crippen LogP contribution in [-0.2, 0) is 30.6 Å². The number of para-hydroxylation sites is 2. The number of hydrogen-bond donors (Lipinski definition) is 3. The van der Waals surface area contributed by atoms with Crippen LogP contribution in [0.3, 0.4) is 0 Å². The van der Waals surface area contributed by atoms with Crippen LogP contribution in [0.5, 0.6) is 5.75 Å². The predicted molar refractivity (Wildman–Crippen MR) is 179 cm³/mol. The van der Waals surface area contributed by atoms with Crippen LogP contribution >= 0.6 is 0 Å². The highest BCUT2D eigenvalue weighted by Crippen LogP contribution is 2.31. The first kappa shape index (κ1) is 29.0. The van der Waals surface area contributed by atoms with E-state index in [4.69, 9.17) is 14.9 Å². The zero-order valence-electron chi connectivity index (χ0n) is 25.6. The summed E-state index contributed by atoms with van der Waals surface area (Å²) in [6.07, 6.45) is 9.32. The lowest BCUT2D eigenvalue weighted by Gasteiger charge is -2.20. The number of aryl methyl sites for hydroxylation is 2. The Hall–Kier alpha value is -5.70. The van der Waals surface area contributed by atoms with E-state index in [2.05, 4.69) is 73.5 Å². The summed E-state index contributed by atoms with van der Waals surface area (Å²) in [6, 6.07) is 28.4. The first-order valence-corrected chi connectivity index (χ1v) is 15.5.